The van der Waals surface area contributed by atoms with Crippen LogP contribution in [0.3, 0.4) is 0 Å². The van der Waals surface area contributed by atoms with E-state index in [0.717, 1.165) is 10.8 Å². The standard InChI is InChI=1S/C24H20N2O3/c27-20-10-11-21(22(28)15-20)24(12-4-1-5-13-24)16-25-26-23(29)19-9-8-17-6-2-3-7-18(17)14-19/h1-12,14-16,27-28H,13H2,(H,26,29)/b25-16-. The number of fused-ring (bicyclic) bond motifs is 1. The van der Waals surface area contributed by atoms with Gasteiger partial charge in [0, 0.05) is 23.4 Å². The summed E-state index contributed by atoms with van der Waals surface area (Å²) in [7, 11) is 0. The number of hydrazone groups is 1. The summed E-state index contributed by atoms with van der Waals surface area (Å²) in [6, 6.07) is 17.8. The van der Waals surface area contributed by atoms with E-state index in [1.54, 1.807) is 18.3 Å². The summed E-state index contributed by atoms with van der Waals surface area (Å²) in [5.41, 5.74) is 2.97. The summed E-state index contributed by atoms with van der Waals surface area (Å²) >= 11 is 0. The van der Waals surface area contributed by atoms with Crippen LogP contribution in [0, 0.1) is 0 Å². The van der Waals surface area contributed by atoms with Crippen LogP contribution in [-0.4, -0.2) is 22.3 Å². The lowest BCUT2D eigenvalue weighted by atomic mass is 9.76. The van der Waals surface area contributed by atoms with E-state index in [2.05, 4.69) is 10.5 Å². The van der Waals surface area contributed by atoms with Crippen LogP contribution < -0.4 is 5.43 Å². The first kappa shape index (κ1) is 18.5. The van der Waals surface area contributed by atoms with Crippen molar-refractivity contribution in [1.82, 2.24) is 5.43 Å². The van der Waals surface area contributed by atoms with Gasteiger partial charge in [0.1, 0.15) is 11.5 Å². The molecule has 1 unspecified atom stereocenters. The van der Waals surface area contributed by atoms with Crippen LogP contribution in [0.15, 0.2) is 90.1 Å². The summed E-state index contributed by atoms with van der Waals surface area (Å²) in [4.78, 5) is 12.5. The highest BCUT2D eigenvalue weighted by molar-refractivity contribution is 5.98. The molecule has 0 saturated heterocycles. The Hall–Kier alpha value is -3.86. The van der Waals surface area contributed by atoms with Crippen LogP contribution in [0.2, 0.25) is 0 Å². The van der Waals surface area contributed by atoms with E-state index in [4.69, 9.17) is 0 Å². The smallest absolute Gasteiger partial charge is 0.271 e. The van der Waals surface area contributed by atoms with E-state index in [9.17, 15) is 15.0 Å². The van der Waals surface area contributed by atoms with Crippen molar-refractivity contribution in [3.63, 3.8) is 0 Å². The van der Waals surface area contributed by atoms with Gasteiger partial charge in [-0.2, -0.15) is 5.10 Å². The lowest BCUT2D eigenvalue weighted by Gasteiger charge is -2.28. The van der Waals surface area contributed by atoms with Crippen molar-refractivity contribution >= 4 is 22.9 Å². The van der Waals surface area contributed by atoms with Gasteiger partial charge in [-0.3, -0.25) is 4.79 Å². The number of amides is 1. The first-order chi connectivity index (χ1) is 14.1. The largest absolute Gasteiger partial charge is 0.508 e. The molecule has 5 nitrogen and oxygen atoms in total. The zero-order chi connectivity index (χ0) is 20.3. The number of phenolic OH excluding ortho intramolecular Hbond substituents is 2. The Morgan fingerprint density at radius 2 is 1.83 bits per heavy atom. The molecule has 0 radical (unpaired) electrons. The number of nitrogens with zero attached hydrogens (tertiary/aromatic N) is 1. The van der Waals surface area contributed by atoms with Gasteiger partial charge >= 0.3 is 0 Å². The molecule has 3 N–H and O–H groups in total. The summed E-state index contributed by atoms with van der Waals surface area (Å²) in [5, 5.41) is 26.1. The molecule has 0 spiro atoms. The highest BCUT2D eigenvalue weighted by atomic mass is 16.3. The Bertz CT molecular complexity index is 1160. The third-order valence-corrected chi connectivity index (χ3v) is 5.05. The van der Waals surface area contributed by atoms with Crippen LogP contribution in [-0.2, 0) is 5.41 Å². The maximum Gasteiger partial charge on any atom is 0.271 e. The Morgan fingerprint density at radius 3 is 2.59 bits per heavy atom. The van der Waals surface area contributed by atoms with E-state index in [0.29, 0.717) is 17.5 Å². The van der Waals surface area contributed by atoms with E-state index in [1.165, 1.54) is 12.1 Å². The fourth-order valence-electron chi connectivity index (χ4n) is 3.52. The Kier molecular flexibility index (Phi) is 4.87. The molecule has 0 aliphatic heterocycles. The normalized spacial score (nSPS) is 18.3. The van der Waals surface area contributed by atoms with Crippen LogP contribution in [0.5, 0.6) is 11.5 Å². The number of rotatable bonds is 4. The molecule has 1 atom stereocenters. The maximum absolute atomic E-state index is 12.5. The number of carbonyl (C=O) groups excluding carboxylic acids is 1. The topological polar surface area (TPSA) is 81.9 Å². The number of nitrogens with one attached hydrogen (secondary N) is 1. The van der Waals surface area contributed by atoms with Crippen molar-refractivity contribution < 1.29 is 15.0 Å². The average molecular weight is 384 g/mol. The third-order valence-electron chi connectivity index (χ3n) is 5.05. The number of carbonyl (C=O) groups is 1. The SMILES string of the molecule is O=C(N/N=C\C1(c2ccc(O)cc2O)C=CC=CC1)c1ccc2ccccc2c1. The monoisotopic (exact) mass is 384 g/mol. The summed E-state index contributed by atoms with van der Waals surface area (Å²) in [5.74, 6) is -0.358. The number of hydrogen-bond acceptors (Lipinski definition) is 4. The average Bonchev–Trinajstić information content (AvgIpc) is 2.74. The first-order valence-corrected chi connectivity index (χ1v) is 9.28. The number of phenols is 2. The molecule has 1 amide bonds. The molecule has 3 aromatic rings. The molecular formula is C24H20N2O3. The molecule has 29 heavy (non-hydrogen) atoms. The number of benzene rings is 3. The molecule has 1 aliphatic rings. The van der Waals surface area contributed by atoms with Crippen molar-refractivity contribution in [1.29, 1.82) is 0 Å². The molecule has 3 aromatic carbocycles. The molecule has 144 valence electrons. The van der Waals surface area contributed by atoms with Crippen molar-refractivity contribution in [3.05, 3.63) is 96.1 Å². The van der Waals surface area contributed by atoms with Crippen LogP contribution in [0.25, 0.3) is 10.8 Å². The number of hydrogen-bond donors (Lipinski definition) is 3. The molecule has 0 heterocycles. The van der Waals surface area contributed by atoms with Gasteiger partial charge in [-0.15, -0.1) is 0 Å². The predicted molar refractivity (Wildman–Crippen MR) is 114 cm³/mol. The highest BCUT2D eigenvalue weighted by Gasteiger charge is 2.30. The zero-order valence-corrected chi connectivity index (χ0v) is 15.6. The minimum Gasteiger partial charge on any atom is -0.508 e. The van der Waals surface area contributed by atoms with Gasteiger partial charge < -0.3 is 10.2 Å². The van der Waals surface area contributed by atoms with E-state index < -0.39 is 5.41 Å². The third kappa shape index (κ3) is 3.75. The molecule has 4 rings (SSSR count). The maximum atomic E-state index is 12.5. The highest BCUT2D eigenvalue weighted by Crippen LogP contribution is 2.38. The second kappa shape index (κ2) is 7.64. The van der Waals surface area contributed by atoms with E-state index in [1.807, 2.05) is 60.7 Å². The van der Waals surface area contributed by atoms with Gasteiger partial charge in [0.25, 0.3) is 5.91 Å². The molecule has 5 heteroatoms. The van der Waals surface area contributed by atoms with Gasteiger partial charge in [0.05, 0.1) is 5.41 Å². The molecule has 0 aromatic heterocycles. The second-order valence-electron chi connectivity index (χ2n) is 6.99. The number of allylic oxidation sites excluding steroid dienone is 4. The van der Waals surface area contributed by atoms with Crippen LogP contribution in [0.4, 0.5) is 0 Å². The Balaban J connectivity index is 1.58. The predicted octanol–water partition coefficient (Wildman–Crippen LogP) is 4.42. The molecule has 0 saturated carbocycles. The molecule has 0 fully saturated rings. The fourth-order valence-corrected chi connectivity index (χ4v) is 3.52. The quantitative estimate of drug-likeness (QED) is 0.460. The molecular weight excluding hydrogens is 364 g/mol. The summed E-state index contributed by atoms with van der Waals surface area (Å²) in [6.07, 6.45) is 9.83. The van der Waals surface area contributed by atoms with Gasteiger partial charge in [0.2, 0.25) is 0 Å². The minimum atomic E-state index is -0.719. The second-order valence-corrected chi connectivity index (χ2v) is 6.99. The number of aromatic hydroxyl groups is 2. The van der Waals surface area contributed by atoms with Crippen molar-refractivity contribution in [2.45, 2.75) is 11.8 Å². The molecule has 1 aliphatic carbocycles. The van der Waals surface area contributed by atoms with Gasteiger partial charge in [-0.1, -0.05) is 60.7 Å². The van der Waals surface area contributed by atoms with Crippen molar-refractivity contribution in [3.8, 4) is 11.5 Å². The van der Waals surface area contributed by atoms with Gasteiger partial charge in [-0.05, 0) is 35.4 Å². The van der Waals surface area contributed by atoms with Gasteiger partial charge in [0.15, 0.2) is 0 Å². The van der Waals surface area contributed by atoms with Gasteiger partial charge in [-0.25, -0.2) is 5.43 Å². The summed E-state index contributed by atoms with van der Waals surface area (Å²) < 4.78 is 0. The Morgan fingerprint density at radius 1 is 1.00 bits per heavy atom. The minimum absolute atomic E-state index is 0.0155. The first-order valence-electron chi connectivity index (χ1n) is 9.28. The van der Waals surface area contributed by atoms with Crippen LogP contribution >= 0.6 is 0 Å². The zero-order valence-electron chi connectivity index (χ0n) is 15.6. The van der Waals surface area contributed by atoms with Crippen molar-refractivity contribution in [2.75, 3.05) is 0 Å². The van der Waals surface area contributed by atoms with Crippen molar-refractivity contribution in [2.24, 2.45) is 5.10 Å². The Labute approximate surface area is 168 Å². The van der Waals surface area contributed by atoms with Crippen LogP contribution in [0.1, 0.15) is 22.3 Å². The fraction of sp³-hybridized carbons (Fsp3) is 0.0833. The molecule has 0 bridgehead atoms. The van der Waals surface area contributed by atoms with E-state index >= 15 is 0 Å². The van der Waals surface area contributed by atoms with E-state index in [-0.39, 0.29) is 17.4 Å². The lowest BCUT2D eigenvalue weighted by molar-refractivity contribution is 0.0955. The lowest BCUT2D eigenvalue weighted by Crippen LogP contribution is -2.28. The summed E-state index contributed by atoms with van der Waals surface area (Å²) in [6.45, 7) is 0.